The molecule has 0 unspecified atom stereocenters. The fourth-order valence-electron chi connectivity index (χ4n) is 2.73. The number of sulfonamides is 1. The third-order valence-corrected chi connectivity index (χ3v) is 5.76. The Hall–Kier alpha value is -2.05. The molecule has 2 aromatic rings. The highest BCUT2D eigenvalue weighted by Crippen LogP contribution is 2.32. The van der Waals surface area contributed by atoms with E-state index in [1.165, 1.54) is 7.05 Å². The van der Waals surface area contributed by atoms with Gasteiger partial charge in [0.05, 0.1) is 4.90 Å². The van der Waals surface area contributed by atoms with Crippen molar-refractivity contribution in [2.45, 2.75) is 17.9 Å². The van der Waals surface area contributed by atoms with E-state index in [0.29, 0.717) is 19.0 Å². The van der Waals surface area contributed by atoms with Crippen molar-refractivity contribution >= 4 is 40.0 Å². The molecular weight excluding hydrogens is 507 g/mol. The third kappa shape index (κ3) is 6.21. The second-order valence-corrected chi connectivity index (χ2v) is 8.03. The molecule has 0 saturated heterocycles. The van der Waals surface area contributed by atoms with Crippen LogP contribution in [0.2, 0.25) is 0 Å². The van der Waals surface area contributed by atoms with Crippen LogP contribution in [0.4, 0.5) is 0 Å². The van der Waals surface area contributed by atoms with Gasteiger partial charge in [0.2, 0.25) is 16.8 Å². The molecule has 29 heavy (non-hydrogen) atoms. The molecular formula is C19H25IN4O4S. The topological polar surface area (TPSA) is 101 Å². The molecule has 3 rings (SSSR count). The van der Waals surface area contributed by atoms with E-state index >= 15 is 0 Å². The minimum absolute atomic E-state index is 0. The number of nitrogens with zero attached hydrogens (tertiary/aromatic N) is 1. The lowest BCUT2D eigenvalue weighted by atomic mass is 10.1. The van der Waals surface area contributed by atoms with E-state index in [9.17, 15) is 8.42 Å². The fraction of sp³-hybridized carbons (Fsp3) is 0.316. The summed E-state index contributed by atoms with van der Waals surface area (Å²) in [6, 6.07) is 12.6. The van der Waals surface area contributed by atoms with Gasteiger partial charge in [-0.05, 0) is 48.9 Å². The fourth-order valence-corrected chi connectivity index (χ4v) is 3.46. The number of ether oxygens (including phenoxy) is 2. The summed E-state index contributed by atoms with van der Waals surface area (Å²) in [5.74, 6) is 2.24. The van der Waals surface area contributed by atoms with E-state index in [4.69, 9.17) is 9.47 Å². The van der Waals surface area contributed by atoms with Crippen LogP contribution in [0.5, 0.6) is 11.5 Å². The van der Waals surface area contributed by atoms with Gasteiger partial charge in [-0.2, -0.15) is 0 Å². The van der Waals surface area contributed by atoms with E-state index in [0.717, 1.165) is 29.0 Å². The number of aliphatic imine (C=N–C) groups is 1. The highest BCUT2D eigenvalue weighted by atomic mass is 127. The number of rotatable bonds is 7. The largest absolute Gasteiger partial charge is 0.454 e. The van der Waals surface area contributed by atoms with Gasteiger partial charge in [0.15, 0.2) is 17.5 Å². The smallest absolute Gasteiger partial charge is 0.240 e. The minimum Gasteiger partial charge on any atom is -0.454 e. The Kier molecular flexibility index (Phi) is 8.53. The summed E-state index contributed by atoms with van der Waals surface area (Å²) in [4.78, 5) is 4.45. The molecule has 1 heterocycles. The Morgan fingerprint density at radius 2 is 1.72 bits per heavy atom. The number of fused-ring (bicyclic) bond motifs is 1. The third-order valence-electron chi connectivity index (χ3n) is 4.33. The summed E-state index contributed by atoms with van der Waals surface area (Å²) in [7, 11) is -0.317. The van der Waals surface area contributed by atoms with Crippen molar-refractivity contribution in [3.05, 3.63) is 53.6 Å². The van der Waals surface area contributed by atoms with Crippen molar-refractivity contribution in [3.8, 4) is 11.5 Å². The maximum Gasteiger partial charge on any atom is 0.240 e. The van der Waals surface area contributed by atoms with Gasteiger partial charge in [-0.15, -0.1) is 24.0 Å². The summed E-state index contributed by atoms with van der Waals surface area (Å²) >= 11 is 0. The van der Waals surface area contributed by atoms with E-state index in [2.05, 4.69) is 20.3 Å². The monoisotopic (exact) mass is 532 g/mol. The second kappa shape index (κ2) is 10.6. The standard InChI is InChI=1S/C19H24N4O4S.HI/c1-20-19(22-10-9-14-5-8-17-18(11-14)27-13-26-17)23-12-15-3-6-16(7-4-15)28(24,25)21-2;/h3-8,11,21H,9-10,12-13H2,1-2H3,(H2,20,22,23);1H. The van der Waals surface area contributed by atoms with Crippen LogP contribution in [-0.2, 0) is 23.0 Å². The zero-order valence-corrected chi connectivity index (χ0v) is 19.4. The van der Waals surface area contributed by atoms with Crippen molar-refractivity contribution < 1.29 is 17.9 Å². The summed E-state index contributed by atoms with van der Waals surface area (Å²) in [5.41, 5.74) is 2.10. The highest BCUT2D eigenvalue weighted by molar-refractivity contribution is 14.0. The molecule has 0 bridgehead atoms. The predicted molar refractivity (Wildman–Crippen MR) is 123 cm³/mol. The molecule has 2 aromatic carbocycles. The Balaban J connectivity index is 0.00000300. The lowest BCUT2D eigenvalue weighted by molar-refractivity contribution is 0.174. The maximum absolute atomic E-state index is 11.8. The van der Waals surface area contributed by atoms with Gasteiger partial charge in [0, 0.05) is 20.1 Å². The van der Waals surface area contributed by atoms with E-state index in [-0.39, 0.29) is 35.7 Å². The zero-order chi connectivity index (χ0) is 20.0. The number of hydrogen-bond donors (Lipinski definition) is 3. The Morgan fingerprint density at radius 3 is 2.41 bits per heavy atom. The molecule has 10 heteroatoms. The predicted octanol–water partition coefficient (Wildman–Crippen LogP) is 1.85. The summed E-state index contributed by atoms with van der Waals surface area (Å²) in [6.07, 6.45) is 0.813. The van der Waals surface area contributed by atoms with Gasteiger partial charge in [0.25, 0.3) is 0 Å². The first-order chi connectivity index (χ1) is 13.5. The first-order valence-electron chi connectivity index (χ1n) is 8.87. The van der Waals surface area contributed by atoms with Crippen molar-refractivity contribution in [2.24, 2.45) is 4.99 Å². The second-order valence-electron chi connectivity index (χ2n) is 6.14. The Labute approximate surface area is 188 Å². The summed E-state index contributed by atoms with van der Waals surface area (Å²) < 4.78 is 36.5. The van der Waals surface area contributed by atoms with Crippen LogP contribution in [0.15, 0.2) is 52.4 Å². The van der Waals surface area contributed by atoms with Crippen LogP contribution < -0.4 is 24.8 Å². The molecule has 0 saturated carbocycles. The van der Waals surface area contributed by atoms with E-state index in [1.807, 2.05) is 18.2 Å². The molecule has 0 fully saturated rings. The van der Waals surface area contributed by atoms with Gasteiger partial charge in [-0.3, -0.25) is 4.99 Å². The van der Waals surface area contributed by atoms with Crippen molar-refractivity contribution in [1.82, 2.24) is 15.4 Å². The molecule has 1 aliphatic rings. The van der Waals surface area contributed by atoms with Crippen LogP contribution in [0.1, 0.15) is 11.1 Å². The van der Waals surface area contributed by atoms with Gasteiger partial charge in [-0.25, -0.2) is 13.1 Å². The molecule has 0 aromatic heterocycles. The van der Waals surface area contributed by atoms with Gasteiger partial charge in [0.1, 0.15) is 0 Å². The van der Waals surface area contributed by atoms with Crippen LogP contribution in [0.25, 0.3) is 0 Å². The van der Waals surface area contributed by atoms with Crippen LogP contribution in [0, 0.1) is 0 Å². The molecule has 1 aliphatic heterocycles. The molecule has 3 N–H and O–H groups in total. The number of hydrogen-bond acceptors (Lipinski definition) is 5. The summed E-state index contributed by atoms with van der Waals surface area (Å²) in [5, 5.41) is 6.48. The van der Waals surface area contributed by atoms with Crippen molar-refractivity contribution in [1.29, 1.82) is 0 Å². The zero-order valence-electron chi connectivity index (χ0n) is 16.3. The lowest BCUT2D eigenvalue weighted by Gasteiger charge is -2.12. The molecule has 0 amide bonds. The Morgan fingerprint density at radius 1 is 1.03 bits per heavy atom. The van der Waals surface area contributed by atoms with Crippen LogP contribution in [0.3, 0.4) is 0 Å². The Bertz CT molecular complexity index is 949. The lowest BCUT2D eigenvalue weighted by Crippen LogP contribution is -2.37. The molecule has 0 radical (unpaired) electrons. The normalized spacial score (nSPS) is 13.0. The maximum atomic E-state index is 11.8. The number of halogens is 1. The average molecular weight is 532 g/mol. The van der Waals surface area contributed by atoms with Crippen LogP contribution >= 0.6 is 24.0 Å². The molecule has 0 aliphatic carbocycles. The molecule has 158 valence electrons. The number of benzene rings is 2. The van der Waals surface area contributed by atoms with Crippen molar-refractivity contribution in [3.63, 3.8) is 0 Å². The van der Waals surface area contributed by atoms with E-state index < -0.39 is 10.0 Å². The summed E-state index contributed by atoms with van der Waals surface area (Å²) in [6.45, 7) is 1.51. The number of guanidine groups is 1. The van der Waals surface area contributed by atoms with Crippen LogP contribution in [-0.4, -0.2) is 41.8 Å². The van der Waals surface area contributed by atoms with Gasteiger partial charge >= 0.3 is 0 Å². The molecule has 8 nitrogen and oxygen atoms in total. The SMILES string of the molecule is CN=C(NCCc1ccc2c(c1)OCO2)NCc1ccc(S(=O)(=O)NC)cc1.I. The minimum atomic E-state index is -3.42. The van der Waals surface area contributed by atoms with Gasteiger partial charge < -0.3 is 20.1 Å². The molecule has 0 atom stereocenters. The first kappa shape index (κ1) is 23.2. The van der Waals surface area contributed by atoms with Gasteiger partial charge in [-0.1, -0.05) is 18.2 Å². The van der Waals surface area contributed by atoms with E-state index in [1.54, 1.807) is 31.3 Å². The quantitative estimate of drug-likeness (QED) is 0.286. The molecule has 0 spiro atoms. The highest BCUT2D eigenvalue weighted by Gasteiger charge is 2.13. The average Bonchev–Trinajstić information content (AvgIpc) is 3.18. The van der Waals surface area contributed by atoms with Crippen molar-refractivity contribution in [2.75, 3.05) is 27.4 Å². The first-order valence-corrected chi connectivity index (χ1v) is 10.4. The number of nitrogens with one attached hydrogen (secondary N) is 3.